The van der Waals surface area contributed by atoms with Crippen molar-refractivity contribution in [3.8, 4) is 0 Å². The van der Waals surface area contributed by atoms with Crippen molar-refractivity contribution >= 4 is 29.0 Å². The van der Waals surface area contributed by atoms with E-state index in [1.807, 2.05) is 25.1 Å². The molecule has 0 spiro atoms. The van der Waals surface area contributed by atoms with Gasteiger partial charge in [0.2, 0.25) is 0 Å². The second-order valence-corrected chi connectivity index (χ2v) is 3.36. The molecule has 74 valence electrons. The van der Waals surface area contributed by atoms with Gasteiger partial charge in [-0.25, -0.2) is 0 Å². The molecular formula is C11H13ClN2. The average Bonchev–Trinajstić information content (AvgIpc) is 2.02. The van der Waals surface area contributed by atoms with E-state index in [4.69, 9.17) is 5.73 Å². The number of nitrogens with zero attached hydrogens (tertiary/aromatic N) is 1. The van der Waals surface area contributed by atoms with E-state index < -0.39 is 0 Å². The van der Waals surface area contributed by atoms with Crippen molar-refractivity contribution in [1.29, 1.82) is 0 Å². The molecule has 0 bridgehead atoms. The first-order valence-corrected chi connectivity index (χ1v) is 4.30. The second kappa shape index (κ2) is 3.84. The molecule has 1 heterocycles. The normalized spacial score (nSPS) is 9.86. The first-order valence-electron chi connectivity index (χ1n) is 4.30. The molecule has 3 heteroatoms. The predicted molar refractivity (Wildman–Crippen MR) is 62.9 cm³/mol. The maximum atomic E-state index is 5.68. The summed E-state index contributed by atoms with van der Waals surface area (Å²) in [7, 11) is 0. The third kappa shape index (κ3) is 1.80. The number of pyridine rings is 1. The summed E-state index contributed by atoms with van der Waals surface area (Å²) < 4.78 is 0. The van der Waals surface area contributed by atoms with E-state index >= 15 is 0 Å². The van der Waals surface area contributed by atoms with Gasteiger partial charge in [-0.05, 0) is 37.6 Å². The van der Waals surface area contributed by atoms with Gasteiger partial charge in [-0.3, -0.25) is 4.98 Å². The highest BCUT2D eigenvalue weighted by Gasteiger charge is 1.99. The van der Waals surface area contributed by atoms with Crippen molar-refractivity contribution in [2.75, 3.05) is 5.73 Å². The molecule has 2 rings (SSSR count). The molecule has 0 radical (unpaired) electrons. The SMILES string of the molecule is Cc1cc(C)c2ccc(N)cc2n1.Cl. The number of rotatable bonds is 0. The van der Waals surface area contributed by atoms with E-state index in [2.05, 4.69) is 18.0 Å². The Morgan fingerprint density at radius 2 is 1.86 bits per heavy atom. The predicted octanol–water partition coefficient (Wildman–Crippen LogP) is 2.86. The molecule has 0 aliphatic carbocycles. The van der Waals surface area contributed by atoms with E-state index in [-0.39, 0.29) is 12.4 Å². The van der Waals surface area contributed by atoms with Crippen molar-refractivity contribution in [3.63, 3.8) is 0 Å². The van der Waals surface area contributed by atoms with E-state index in [0.717, 1.165) is 16.9 Å². The molecule has 2 aromatic rings. The van der Waals surface area contributed by atoms with E-state index in [1.165, 1.54) is 10.9 Å². The van der Waals surface area contributed by atoms with Gasteiger partial charge in [0.05, 0.1) is 5.52 Å². The highest BCUT2D eigenvalue weighted by Crippen LogP contribution is 2.19. The standard InChI is InChI=1S/C11H12N2.ClH/c1-7-5-8(2)13-11-6-9(12)3-4-10(7)11;/h3-6H,12H2,1-2H3;1H. The van der Waals surface area contributed by atoms with Gasteiger partial charge in [0, 0.05) is 16.8 Å². The molecule has 1 aromatic heterocycles. The van der Waals surface area contributed by atoms with Crippen LogP contribution in [0.25, 0.3) is 10.9 Å². The van der Waals surface area contributed by atoms with Crippen molar-refractivity contribution < 1.29 is 0 Å². The van der Waals surface area contributed by atoms with Crippen LogP contribution in [0.2, 0.25) is 0 Å². The number of aromatic nitrogens is 1. The zero-order valence-electron chi connectivity index (χ0n) is 8.24. The van der Waals surface area contributed by atoms with Gasteiger partial charge in [-0.15, -0.1) is 12.4 Å². The summed E-state index contributed by atoms with van der Waals surface area (Å²) in [4.78, 5) is 4.42. The first kappa shape index (κ1) is 10.8. The molecular weight excluding hydrogens is 196 g/mol. The number of fused-ring (bicyclic) bond motifs is 1. The Morgan fingerprint density at radius 3 is 2.57 bits per heavy atom. The Balaban J connectivity index is 0.000000980. The Labute approximate surface area is 89.6 Å². The minimum Gasteiger partial charge on any atom is -0.399 e. The highest BCUT2D eigenvalue weighted by atomic mass is 35.5. The summed E-state index contributed by atoms with van der Waals surface area (Å²) in [6.07, 6.45) is 0. The fourth-order valence-corrected chi connectivity index (χ4v) is 1.59. The first-order chi connectivity index (χ1) is 6.16. The molecule has 0 saturated heterocycles. The lowest BCUT2D eigenvalue weighted by Gasteiger charge is -2.03. The van der Waals surface area contributed by atoms with Crippen molar-refractivity contribution in [3.05, 3.63) is 35.5 Å². The third-order valence-electron chi connectivity index (χ3n) is 2.17. The van der Waals surface area contributed by atoms with Crippen molar-refractivity contribution in [2.45, 2.75) is 13.8 Å². The summed E-state index contributed by atoms with van der Waals surface area (Å²) in [6.45, 7) is 4.09. The smallest absolute Gasteiger partial charge is 0.0728 e. The Hall–Kier alpha value is -1.28. The number of nitrogens with two attached hydrogens (primary N) is 1. The van der Waals surface area contributed by atoms with Gasteiger partial charge < -0.3 is 5.73 Å². The number of anilines is 1. The fraction of sp³-hybridized carbons (Fsp3) is 0.182. The Morgan fingerprint density at radius 1 is 1.14 bits per heavy atom. The molecule has 0 aliphatic rings. The minimum atomic E-state index is 0. The van der Waals surface area contributed by atoms with Gasteiger partial charge in [0.15, 0.2) is 0 Å². The van der Waals surface area contributed by atoms with Gasteiger partial charge in [-0.2, -0.15) is 0 Å². The molecule has 1 aromatic carbocycles. The van der Waals surface area contributed by atoms with Crippen LogP contribution in [0, 0.1) is 13.8 Å². The number of hydrogen-bond donors (Lipinski definition) is 1. The quantitative estimate of drug-likeness (QED) is 0.677. The van der Waals surface area contributed by atoms with Crippen LogP contribution in [0.1, 0.15) is 11.3 Å². The molecule has 0 fully saturated rings. The number of nitrogen functional groups attached to an aromatic ring is 1. The largest absolute Gasteiger partial charge is 0.399 e. The molecule has 0 saturated carbocycles. The van der Waals surface area contributed by atoms with Crippen LogP contribution in [-0.4, -0.2) is 4.98 Å². The maximum Gasteiger partial charge on any atom is 0.0728 e. The number of halogens is 1. The summed E-state index contributed by atoms with van der Waals surface area (Å²) >= 11 is 0. The van der Waals surface area contributed by atoms with Crippen LogP contribution in [0.5, 0.6) is 0 Å². The molecule has 0 atom stereocenters. The average molecular weight is 209 g/mol. The van der Waals surface area contributed by atoms with E-state index in [0.29, 0.717) is 0 Å². The number of aryl methyl sites for hydroxylation is 2. The fourth-order valence-electron chi connectivity index (χ4n) is 1.59. The summed E-state index contributed by atoms with van der Waals surface area (Å²) in [6, 6.07) is 7.92. The van der Waals surface area contributed by atoms with Crippen molar-refractivity contribution in [2.24, 2.45) is 0 Å². The molecule has 0 amide bonds. The van der Waals surface area contributed by atoms with Crippen LogP contribution in [0.15, 0.2) is 24.3 Å². The lowest BCUT2D eigenvalue weighted by molar-refractivity contribution is 1.23. The lowest BCUT2D eigenvalue weighted by Crippen LogP contribution is -1.89. The van der Waals surface area contributed by atoms with Crippen LogP contribution >= 0.6 is 12.4 Å². The molecule has 14 heavy (non-hydrogen) atoms. The number of hydrogen-bond acceptors (Lipinski definition) is 2. The molecule has 0 unspecified atom stereocenters. The minimum absolute atomic E-state index is 0. The number of benzene rings is 1. The Bertz CT molecular complexity index is 461. The molecule has 2 nitrogen and oxygen atoms in total. The molecule has 2 N–H and O–H groups in total. The zero-order valence-corrected chi connectivity index (χ0v) is 9.06. The monoisotopic (exact) mass is 208 g/mol. The summed E-state index contributed by atoms with van der Waals surface area (Å²) in [5.41, 5.74) is 9.73. The molecule has 0 aliphatic heterocycles. The van der Waals surface area contributed by atoms with Crippen LogP contribution in [0.3, 0.4) is 0 Å². The zero-order chi connectivity index (χ0) is 9.42. The third-order valence-corrected chi connectivity index (χ3v) is 2.17. The lowest BCUT2D eigenvalue weighted by atomic mass is 10.1. The second-order valence-electron chi connectivity index (χ2n) is 3.36. The maximum absolute atomic E-state index is 5.68. The van der Waals surface area contributed by atoms with Gasteiger partial charge in [0.25, 0.3) is 0 Å². The van der Waals surface area contributed by atoms with Gasteiger partial charge in [-0.1, -0.05) is 6.07 Å². The topological polar surface area (TPSA) is 38.9 Å². The van der Waals surface area contributed by atoms with E-state index in [1.54, 1.807) is 0 Å². The Kier molecular flexibility index (Phi) is 2.96. The summed E-state index contributed by atoms with van der Waals surface area (Å²) in [5.74, 6) is 0. The van der Waals surface area contributed by atoms with Crippen molar-refractivity contribution in [1.82, 2.24) is 4.98 Å². The van der Waals surface area contributed by atoms with Gasteiger partial charge >= 0.3 is 0 Å². The summed E-state index contributed by atoms with van der Waals surface area (Å²) in [5, 5.41) is 1.18. The highest BCUT2D eigenvalue weighted by molar-refractivity contribution is 5.85. The van der Waals surface area contributed by atoms with E-state index in [9.17, 15) is 0 Å². The van der Waals surface area contributed by atoms with Crippen LogP contribution in [-0.2, 0) is 0 Å². The van der Waals surface area contributed by atoms with Gasteiger partial charge in [0.1, 0.15) is 0 Å². The van der Waals surface area contributed by atoms with Crippen LogP contribution in [0.4, 0.5) is 5.69 Å². The van der Waals surface area contributed by atoms with Crippen LogP contribution < -0.4 is 5.73 Å².